The molecule has 2 aromatic rings. The Morgan fingerprint density at radius 1 is 1.39 bits per heavy atom. The number of imidazole rings is 1. The number of aromatic nitrogens is 2. The molecule has 0 aliphatic carbocycles. The van der Waals surface area contributed by atoms with E-state index in [0.29, 0.717) is 17.7 Å². The van der Waals surface area contributed by atoms with E-state index in [9.17, 15) is 4.79 Å². The molecule has 5 heteroatoms. The second kappa shape index (κ2) is 4.00. The fraction of sp³-hybridized carbons (Fsp3) is 0.231. The van der Waals surface area contributed by atoms with Gasteiger partial charge >= 0.3 is 0 Å². The molecule has 1 amide bonds. The molecular weight excluding hydrogens is 246 g/mol. The zero-order valence-corrected chi connectivity index (χ0v) is 10.4. The summed E-state index contributed by atoms with van der Waals surface area (Å²) in [5.41, 5.74) is 2.69. The van der Waals surface area contributed by atoms with Crippen LogP contribution >= 0.6 is 12.2 Å². The number of hydrogen-bond acceptors (Lipinski definition) is 2. The van der Waals surface area contributed by atoms with Crippen LogP contribution in [0, 0.1) is 23.0 Å². The summed E-state index contributed by atoms with van der Waals surface area (Å²) in [6, 6.07) is 5.73. The quantitative estimate of drug-likeness (QED) is 0.608. The smallest absolute Gasteiger partial charge is 0.228 e. The Kier molecular flexibility index (Phi) is 2.46. The maximum Gasteiger partial charge on any atom is 0.228 e. The minimum absolute atomic E-state index is 0.0120. The molecular formula is C13H11N3OS. The van der Waals surface area contributed by atoms with Crippen molar-refractivity contribution in [2.45, 2.75) is 6.42 Å². The SMILES string of the molecule is C#CC1CC(=O)N(c2ccc3[nH]c(=S)[nH]c3c2)C1. The standard InChI is InChI=1S/C13H11N3OS/c1-2-8-5-12(17)16(7-8)9-3-4-10-11(6-9)15-13(18)14-10/h1,3-4,6,8H,5,7H2,(H2,14,15,18). The summed E-state index contributed by atoms with van der Waals surface area (Å²) in [5, 5.41) is 0. The summed E-state index contributed by atoms with van der Waals surface area (Å²) in [7, 11) is 0. The van der Waals surface area contributed by atoms with E-state index in [1.807, 2.05) is 18.2 Å². The highest BCUT2D eigenvalue weighted by molar-refractivity contribution is 7.71. The van der Waals surface area contributed by atoms with Crippen molar-refractivity contribution in [1.82, 2.24) is 9.97 Å². The summed E-state index contributed by atoms with van der Waals surface area (Å²) >= 11 is 5.03. The average Bonchev–Trinajstić information content (AvgIpc) is 2.89. The van der Waals surface area contributed by atoms with Gasteiger partial charge < -0.3 is 14.9 Å². The molecule has 1 aliphatic rings. The Morgan fingerprint density at radius 3 is 2.89 bits per heavy atom. The summed E-state index contributed by atoms with van der Waals surface area (Å²) in [6.07, 6.45) is 5.80. The number of terminal acetylenes is 1. The van der Waals surface area contributed by atoms with Crippen molar-refractivity contribution in [3.63, 3.8) is 0 Å². The molecule has 2 heterocycles. The Hall–Kier alpha value is -2.06. The molecule has 2 N–H and O–H groups in total. The van der Waals surface area contributed by atoms with Gasteiger partial charge in [0.1, 0.15) is 0 Å². The number of aromatic amines is 2. The number of nitrogens with zero attached hydrogens (tertiary/aromatic N) is 1. The first-order chi connectivity index (χ1) is 8.67. The van der Waals surface area contributed by atoms with Crippen molar-refractivity contribution in [2.75, 3.05) is 11.4 Å². The van der Waals surface area contributed by atoms with E-state index in [1.165, 1.54) is 0 Å². The van der Waals surface area contributed by atoms with Gasteiger partial charge in [0.25, 0.3) is 0 Å². The Morgan fingerprint density at radius 2 is 2.17 bits per heavy atom. The summed E-state index contributed by atoms with van der Waals surface area (Å²) < 4.78 is 0.580. The number of benzene rings is 1. The molecule has 4 nitrogen and oxygen atoms in total. The lowest BCUT2D eigenvalue weighted by Crippen LogP contribution is -2.24. The average molecular weight is 257 g/mol. The molecule has 0 radical (unpaired) electrons. The van der Waals surface area contributed by atoms with E-state index in [-0.39, 0.29) is 11.8 Å². The second-order valence-corrected chi connectivity index (χ2v) is 4.79. The fourth-order valence-electron chi connectivity index (χ4n) is 2.26. The fourth-order valence-corrected chi connectivity index (χ4v) is 2.48. The molecule has 18 heavy (non-hydrogen) atoms. The molecule has 0 spiro atoms. The predicted octanol–water partition coefficient (Wildman–Crippen LogP) is 2.21. The molecule has 0 saturated carbocycles. The van der Waals surface area contributed by atoms with Crippen LogP contribution in [0.3, 0.4) is 0 Å². The summed E-state index contributed by atoms with van der Waals surface area (Å²) in [5.74, 6) is 2.73. The third-order valence-corrected chi connectivity index (χ3v) is 3.38. The van der Waals surface area contributed by atoms with Crippen molar-refractivity contribution in [1.29, 1.82) is 0 Å². The van der Waals surface area contributed by atoms with Crippen molar-refractivity contribution in [3.8, 4) is 12.3 Å². The lowest BCUT2D eigenvalue weighted by atomic mass is 10.1. The van der Waals surface area contributed by atoms with Gasteiger partial charge in [0, 0.05) is 24.6 Å². The minimum atomic E-state index is 0.0120. The molecule has 1 unspecified atom stereocenters. The first kappa shape index (κ1) is 11.1. The highest BCUT2D eigenvalue weighted by atomic mass is 32.1. The van der Waals surface area contributed by atoms with E-state index >= 15 is 0 Å². The van der Waals surface area contributed by atoms with Crippen molar-refractivity contribution >= 4 is 34.8 Å². The van der Waals surface area contributed by atoms with Crippen LogP contribution in [-0.2, 0) is 4.79 Å². The van der Waals surface area contributed by atoms with Crippen LogP contribution in [0.25, 0.3) is 11.0 Å². The Bertz CT molecular complexity index is 722. The first-order valence-corrected chi connectivity index (χ1v) is 6.07. The van der Waals surface area contributed by atoms with Gasteiger partial charge in [-0.2, -0.15) is 0 Å². The molecule has 3 rings (SSSR count). The number of carbonyl (C=O) groups is 1. The number of rotatable bonds is 1. The molecule has 1 aromatic carbocycles. The zero-order valence-electron chi connectivity index (χ0n) is 9.56. The van der Waals surface area contributed by atoms with E-state index in [1.54, 1.807) is 4.90 Å². The van der Waals surface area contributed by atoms with Crippen molar-refractivity contribution in [3.05, 3.63) is 23.0 Å². The van der Waals surface area contributed by atoms with Gasteiger partial charge in [0.15, 0.2) is 4.77 Å². The molecule has 1 atom stereocenters. The molecule has 90 valence electrons. The largest absolute Gasteiger partial charge is 0.331 e. The third kappa shape index (κ3) is 1.71. The van der Waals surface area contributed by atoms with Crippen LogP contribution in [0.2, 0.25) is 0 Å². The van der Waals surface area contributed by atoms with Gasteiger partial charge in [0.05, 0.1) is 11.0 Å². The molecule has 1 fully saturated rings. The number of fused-ring (bicyclic) bond motifs is 1. The monoisotopic (exact) mass is 257 g/mol. The van der Waals surface area contributed by atoms with Crippen LogP contribution in [0.1, 0.15) is 6.42 Å². The lowest BCUT2D eigenvalue weighted by Gasteiger charge is -2.15. The Balaban J connectivity index is 2.02. The van der Waals surface area contributed by atoms with Crippen LogP contribution < -0.4 is 4.90 Å². The highest BCUT2D eigenvalue weighted by Crippen LogP contribution is 2.26. The van der Waals surface area contributed by atoms with E-state index in [2.05, 4.69) is 15.9 Å². The maximum absolute atomic E-state index is 11.9. The number of carbonyl (C=O) groups excluding carboxylic acids is 1. The number of amides is 1. The van der Waals surface area contributed by atoms with Gasteiger partial charge in [-0.3, -0.25) is 4.79 Å². The first-order valence-electron chi connectivity index (χ1n) is 5.66. The van der Waals surface area contributed by atoms with Crippen LogP contribution in [0.5, 0.6) is 0 Å². The molecule has 1 aliphatic heterocycles. The molecule has 1 aromatic heterocycles. The number of H-pyrrole nitrogens is 2. The topological polar surface area (TPSA) is 51.9 Å². The van der Waals surface area contributed by atoms with Crippen LogP contribution in [0.15, 0.2) is 18.2 Å². The zero-order chi connectivity index (χ0) is 12.7. The number of anilines is 1. The number of hydrogen-bond donors (Lipinski definition) is 2. The second-order valence-electron chi connectivity index (χ2n) is 4.38. The predicted molar refractivity (Wildman–Crippen MR) is 72.8 cm³/mol. The van der Waals surface area contributed by atoms with E-state index in [4.69, 9.17) is 18.6 Å². The van der Waals surface area contributed by atoms with Crippen LogP contribution in [0.4, 0.5) is 5.69 Å². The Labute approximate surface area is 109 Å². The van der Waals surface area contributed by atoms with E-state index < -0.39 is 0 Å². The van der Waals surface area contributed by atoms with Gasteiger partial charge in [0.2, 0.25) is 5.91 Å². The van der Waals surface area contributed by atoms with Gasteiger partial charge in [-0.05, 0) is 30.4 Å². The molecule has 0 bridgehead atoms. The normalized spacial score (nSPS) is 19.4. The maximum atomic E-state index is 11.9. The van der Waals surface area contributed by atoms with Crippen LogP contribution in [-0.4, -0.2) is 22.4 Å². The third-order valence-electron chi connectivity index (χ3n) is 3.17. The van der Waals surface area contributed by atoms with Gasteiger partial charge in [-0.1, -0.05) is 0 Å². The van der Waals surface area contributed by atoms with Crippen molar-refractivity contribution < 1.29 is 4.79 Å². The van der Waals surface area contributed by atoms with Gasteiger partial charge in [-0.25, -0.2) is 0 Å². The summed E-state index contributed by atoms with van der Waals surface area (Å²) in [6.45, 7) is 0.589. The highest BCUT2D eigenvalue weighted by Gasteiger charge is 2.29. The minimum Gasteiger partial charge on any atom is -0.331 e. The van der Waals surface area contributed by atoms with Crippen molar-refractivity contribution in [2.24, 2.45) is 5.92 Å². The summed E-state index contributed by atoms with van der Waals surface area (Å²) in [4.78, 5) is 19.7. The number of nitrogens with one attached hydrogen (secondary N) is 2. The lowest BCUT2D eigenvalue weighted by molar-refractivity contribution is -0.117. The van der Waals surface area contributed by atoms with E-state index in [0.717, 1.165) is 16.7 Å². The molecule has 1 saturated heterocycles. The van der Waals surface area contributed by atoms with Gasteiger partial charge in [-0.15, -0.1) is 12.3 Å².